The van der Waals surface area contributed by atoms with Gasteiger partial charge in [0, 0.05) is 31.7 Å². The molecule has 0 aromatic heterocycles. The molecular formula is C14H28N2O. The van der Waals surface area contributed by atoms with E-state index in [1.54, 1.807) is 0 Å². The number of ether oxygens (including phenoxy) is 1. The van der Waals surface area contributed by atoms with Crippen LogP contribution in [0, 0.1) is 5.92 Å². The maximum Gasteiger partial charge on any atom is 0.0594 e. The van der Waals surface area contributed by atoms with Crippen LogP contribution < -0.4 is 5.32 Å². The van der Waals surface area contributed by atoms with Crippen LogP contribution in [0.15, 0.2) is 0 Å². The van der Waals surface area contributed by atoms with Gasteiger partial charge in [-0.1, -0.05) is 12.8 Å². The predicted octanol–water partition coefficient (Wildman–Crippen LogP) is 1.88. The minimum absolute atomic E-state index is 0.601. The maximum atomic E-state index is 5.38. The molecule has 1 saturated heterocycles. The zero-order valence-corrected chi connectivity index (χ0v) is 11.5. The van der Waals surface area contributed by atoms with Crippen molar-refractivity contribution in [1.82, 2.24) is 10.2 Å². The summed E-state index contributed by atoms with van der Waals surface area (Å²) in [5.74, 6) is 0.919. The van der Waals surface area contributed by atoms with Gasteiger partial charge in [-0.05, 0) is 32.6 Å². The molecule has 3 heteroatoms. The average molecular weight is 240 g/mol. The molecule has 17 heavy (non-hydrogen) atoms. The Kier molecular flexibility index (Phi) is 5.26. The Morgan fingerprint density at radius 3 is 2.47 bits per heavy atom. The molecular weight excluding hydrogens is 212 g/mol. The van der Waals surface area contributed by atoms with Crippen molar-refractivity contribution < 1.29 is 4.74 Å². The van der Waals surface area contributed by atoms with E-state index in [4.69, 9.17) is 4.74 Å². The topological polar surface area (TPSA) is 24.5 Å². The molecule has 1 aliphatic carbocycles. The molecule has 1 heterocycles. The number of nitrogens with zero attached hydrogens (tertiary/aromatic N) is 1. The molecule has 2 atom stereocenters. The van der Waals surface area contributed by atoms with Crippen LogP contribution in [-0.2, 0) is 4.74 Å². The average Bonchev–Trinajstić information content (AvgIpc) is 2.83. The van der Waals surface area contributed by atoms with Crippen molar-refractivity contribution in [2.24, 2.45) is 5.92 Å². The van der Waals surface area contributed by atoms with E-state index in [0.29, 0.717) is 12.1 Å². The van der Waals surface area contributed by atoms with Crippen LogP contribution in [0.25, 0.3) is 0 Å². The lowest BCUT2D eigenvalue weighted by molar-refractivity contribution is 0.0335. The summed E-state index contributed by atoms with van der Waals surface area (Å²) in [6.45, 7) is 9.87. The van der Waals surface area contributed by atoms with Crippen molar-refractivity contribution >= 4 is 0 Å². The van der Waals surface area contributed by atoms with E-state index in [1.165, 1.54) is 32.2 Å². The highest BCUT2D eigenvalue weighted by Crippen LogP contribution is 2.27. The fraction of sp³-hybridized carbons (Fsp3) is 1.00. The van der Waals surface area contributed by atoms with Crippen LogP contribution >= 0.6 is 0 Å². The summed E-state index contributed by atoms with van der Waals surface area (Å²) in [7, 11) is 0. The van der Waals surface area contributed by atoms with Gasteiger partial charge in [-0.3, -0.25) is 4.90 Å². The Morgan fingerprint density at radius 1 is 1.18 bits per heavy atom. The molecule has 0 amide bonds. The third kappa shape index (κ3) is 4.23. The molecule has 2 rings (SSSR count). The lowest BCUT2D eigenvalue weighted by Gasteiger charge is -2.32. The van der Waals surface area contributed by atoms with Gasteiger partial charge >= 0.3 is 0 Å². The third-order valence-corrected chi connectivity index (χ3v) is 4.29. The minimum atomic E-state index is 0.601. The lowest BCUT2D eigenvalue weighted by Crippen LogP contribution is -2.47. The van der Waals surface area contributed by atoms with E-state index in [1.807, 2.05) is 0 Å². The number of hydrogen-bond donors (Lipinski definition) is 1. The SMILES string of the molecule is CC(CN1CCOCC1)NC(C)C1CCCC1. The molecule has 1 aliphatic heterocycles. The zero-order valence-electron chi connectivity index (χ0n) is 11.5. The predicted molar refractivity (Wildman–Crippen MR) is 71.3 cm³/mol. The molecule has 2 unspecified atom stereocenters. The number of hydrogen-bond acceptors (Lipinski definition) is 3. The molecule has 100 valence electrons. The fourth-order valence-corrected chi connectivity index (χ4v) is 3.27. The number of nitrogens with one attached hydrogen (secondary N) is 1. The Morgan fingerprint density at radius 2 is 1.82 bits per heavy atom. The summed E-state index contributed by atoms with van der Waals surface area (Å²) in [6.07, 6.45) is 5.74. The molecule has 0 bridgehead atoms. The summed E-state index contributed by atoms with van der Waals surface area (Å²) in [5, 5.41) is 3.79. The second-order valence-electron chi connectivity index (χ2n) is 5.81. The van der Waals surface area contributed by atoms with Crippen molar-refractivity contribution in [2.45, 2.75) is 51.6 Å². The van der Waals surface area contributed by atoms with Crippen LogP contribution in [0.3, 0.4) is 0 Å². The quantitative estimate of drug-likeness (QED) is 0.794. The van der Waals surface area contributed by atoms with Crippen molar-refractivity contribution in [3.63, 3.8) is 0 Å². The monoisotopic (exact) mass is 240 g/mol. The highest BCUT2D eigenvalue weighted by molar-refractivity contribution is 4.80. The smallest absolute Gasteiger partial charge is 0.0594 e. The molecule has 1 saturated carbocycles. The van der Waals surface area contributed by atoms with E-state index in [0.717, 1.165) is 32.2 Å². The van der Waals surface area contributed by atoms with Gasteiger partial charge < -0.3 is 10.1 Å². The molecule has 0 aromatic rings. The molecule has 3 nitrogen and oxygen atoms in total. The maximum absolute atomic E-state index is 5.38. The summed E-state index contributed by atoms with van der Waals surface area (Å²) in [6, 6.07) is 1.29. The summed E-state index contributed by atoms with van der Waals surface area (Å²) in [5.41, 5.74) is 0. The summed E-state index contributed by atoms with van der Waals surface area (Å²) in [4.78, 5) is 2.52. The van der Waals surface area contributed by atoms with Crippen LogP contribution in [-0.4, -0.2) is 49.8 Å². The van der Waals surface area contributed by atoms with E-state index in [-0.39, 0.29) is 0 Å². The molecule has 2 fully saturated rings. The first-order valence-corrected chi connectivity index (χ1v) is 7.32. The van der Waals surface area contributed by atoms with Gasteiger partial charge in [0.25, 0.3) is 0 Å². The van der Waals surface area contributed by atoms with E-state index < -0.39 is 0 Å². The first-order chi connectivity index (χ1) is 8.25. The van der Waals surface area contributed by atoms with Gasteiger partial charge in [0.2, 0.25) is 0 Å². The van der Waals surface area contributed by atoms with E-state index >= 15 is 0 Å². The Labute approximate surface area is 106 Å². The largest absolute Gasteiger partial charge is 0.379 e. The van der Waals surface area contributed by atoms with E-state index in [2.05, 4.69) is 24.1 Å². The van der Waals surface area contributed by atoms with Crippen molar-refractivity contribution in [3.8, 4) is 0 Å². The standard InChI is InChI=1S/C14H28N2O/c1-12(11-16-7-9-17-10-8-16)15-13(2)14-5-3-4-6-14/h12-15H,3-11H2,1-2H3. The first kappa shape index (κ1) is 13.3. The van der Waals surface area contributed by atoms with Crippen molar-refractivity contribution in [2.75, 3.05) is 32.8 Å². The van der Waals surface area contributed by atoms with Crippen LogP contribution in [0.5, 0.6) is 0 Å². The third-order valence-electron chi connectivity index (χ3n) is 4.29. The van der Waals surface area contributed by atoms with Gasteiger partial charge in [-0.2, -0.15) is 0 Å². The van der Waals surface area contributed by atoms with E-state index in [9.17, 15) is 0 Å². The van der Waals surface area contributed by atoms with Crippen molar-refractivity contribution in [3.05, 3.63) is 0 Å². The number of morpholine rings is 1. The Balaban J connectivity index is 1.66. The Bertz CT molecular complexity index is 210. The number of rotatable bonds is 5. The highest BCUT2D eigenvalue weighted by atomic mass is 16.5. The van der Waals surface area contributed by atoms with Gasteiger partial charge in [0.15, 0.2) is 0 Å². The first-order valence-electron chi connectivity index (χ1n) is 7.32. The zero-order chi connectivity index (χ0) is 12.1. The summed E-state index contributed by atoms with van der Waals surface area (Å²) >= 11 is 0. The molecule has 0 aromatic carbocycles. The summed E-state index contributed by atoms with van der Waals surface area (Å²) < 4.78 is 5.38. The normalized spacial score (nSPS) is 27.2. The fourth-order valence-electron chi connectivity index (χ4n) is 3.27. The second-order valence-corrected chi connectivity index (χ2v) is 5.81. The van der Waals surface area contributed by atoms with Gasteiger partial charge in [-0.25, -0.2) is 0 Å². The van der Waals surface area contributed by atoms with Crippen LogP contribution in [0.1, 0.15) is 39.5 Å². The molecule has 1 N–H and O–H groups in total. The molecule has 0 spiro atoms. The minimum Gasteiger partial charge on any atom is -0.379 e. The van der Waals surface area contributed by atoms with Gasteiger partial charge in [0.05, 0.1) is 13.2 Å². The lowest BCUT2D eigenvalue weighted by atomic mass is 9.99. The second kappa shape index (κ2) is 6.72. The Hall–Kier alpha value is -0.120. The van der Waals surface area contributed by atoms with Crippen LogP contribution in [0.2, 0.25) is 0 Å². The van der Waals surface area contributed by atoms with Crippen LogP contribution in [0.4, 0.5) is 0 Å². The van der Waals surface area contributed by atoms with Crippen molar-refractivity contribution in [1.29, 1.82) is 0 Å². The van der Waals surface area contributed by atoms with Gasteiger partial charge in [-0.15, -0.1) is 0 Å². The highest BCUT2D eigenvalue weighted by Gasteiger charge is 2.23. The molecule has 2 aliphatic rings. The van der Waals surface area contributed by atoms with Gasteiger partial charge in [0.1, 0.15) is 0 Å². The molecule has 0 radical (unpaired) electrons.